The van der Waals surface area contributed by atoms with Crippen LogP contribution in [0.1, 0.15) is 25.8 Å². The third kappa shape index (κ3) is 4.08. The Labute approximate surface area is 160 Å². The number of halogens is 2. The van der Waals surface area contributed by atoms with Gasteiger partial charge < -0.3 is 10.6 Å². The maximum Gasteiger partial charge on any atom is 0.325 e. The Balaban J connectivity index is 2.13. The van der Waals surface area contributed by atoms with Crippen molar-refractivity contribution >= 4 is 47.1 Å². The quantitative estimate of drug-likeness (QED) is 0.656. The van der Waals surface area contributed by atoms with Crippen LogP contribution in [0.25, 0.3) is 0 Å². The summed E-state index contributed by atoms with van der Waals surface area (Å²) in [5.74, 6) is -1.44. The summed E-state index contributed by atoms with van der Waals surface area (Å²) >= 11 is 12.0. The summed E-state index contributed by atoms with van der Waals surface area (Å²) in [6.45, 7) is 3.15. The molecule has 1 aliphatic heterocycles. The lowest BCUT2D eigenvalue weighted by molar-refractivity contribution is -0.134. The van der Waals surface area contributed by atoms with Gasteiger partial charge in [0.1, 0.15) is 12.1 Å². The minimum atomic E-state index is -1.44. The normalized spacial score (nSPS) is 19.3. The predicted octanol–water partition coefficient (Wildman–Crippen LogP) is 2.00. The van der Waals surface area contributed by atoms with Crippen LogP contribution < -0.4 is 16.0 Å². The second-order valence-electron chi connectivity index (χ2n) is 5.87. The summed E-state index contributed by atoms with van der Waals surface area (Å²) in [5, 5.41) is 7.64. The van der Waals surface area contributed by atoms with Crippen LogP contribution in [0.15, 0.2) is 18.2 Å². The molecule has 26 heavy (non-hydrogen) atoms. The highest BCUT2D eigenvalue weighted by Gasteiger charge is 2.50. The lowest BCUT2D eigenvalue weighted by Crippen LogP contribution is -2.47. The van der Waals surface area contributed by atoms with Crippen molar-refractivity contribution in [2.45, 2.75) is 25.8 Å². The van der Waals surface area contributed by atoms with E-state index < -0.39 is 36.0 Å². The van der Waals surface area contributed by atoms with Gasteiger partial charge in [-0.15, -0.1) is 0 Å². The van der Waals surface area contributed by atoms with E-state index in [2.05, 4.69) is 16.0 Å². The van der Waals surface area contributed by atoms with E-state index in [9.17, 15) is 19.2 Å². The number of carbonyl (C=O) groups is 4. The van der Waals surface area contributed by atoms with E-state index in [1.54, 1.807) is 6.07 Å². The van der Waals surface area contributed by atoms with Crippen molar-refractivity contribution in [3.63, 3.8) is 0 Å². The van der Waals surface area contributed by atoms with Gasteiger partial charge in [-0.3, -0.25) is 19.8 Å². The summed E-state index contributed by atoms with van der Waals surface area (Å²) in [6, 6.07) is 3.09. The van der Waals surface area contributed by atoms with Crippen LogP contribution in [0, 0.1) is 0 Å². The highest BCUT2D eigenvalue weighted by Crippen LogP contribution is 2.34. The van der Waals surface area contributed by atoms with E-state index >= 15 is 0 Å². The van der Waals surface area contributed by atoms with Gasteiger partial charge in [0.15, 0.2) is 0 Å². The van der Waals surface area contributed by atoms with Crippen molar-refractivity contribution in [2.24, 2.45) is 0 Å². The number of amides is 6. The number of nitrogens with one attached hydrogen (secondary N) is 3. The molecule has 0 aromatic heterocycles. The van der Waals surface area contributed by atoms with Gasteiger partial charge in [0.2, 0.25) is 5.91 Å². The van der Waals surface area contributed by atoms with E-state index in [0.717, 1.165) is 4.90 Å². The van der Waals surface area contributed by atoms with Crippen LogP contribution >= 0.6 is 23.2 Å². The molecular weight excluding hydrogens is 383 g/mol. The Morgan fingerprint density at radius 1 is 1.27 bits per heavy atom. The molecule has 1 saturated heterocycles. The number of urea groups is 2. The fourth-order valence-corrected chi connectivity index (χ4v) is 3.11. The summed E-state index contributed by atoms with van der Waals surface area (Å²) in [6.07, 6.45) is 0.703. The Morgan fingerprint density at radius 2 is 1.96 bits per heavy atom. The second-order valence-corrected chi connectivity index (χ2v) is 6.72. The molecule has 0 saturated carbocycles. The highest BCUT2D eigenvalue weighted by molar-refractivity contribution is 6.35. The van der Waals surface area contributed by atoms with Gasteiger partial charge in [0.05, 0.1) is 0 Å². The third-order valence-corrected chi connectivity index (χ3v) is 4.38. The molecule has 1 aromatic rings. The number of benzene rings is 1. The topological polar surface area (TPSA) is 108 Å². The fraction of sp³-hybridized carbons (Fsp3) is 0.375. The molecule has 1 fully saturated rings. The summed E-state index contributed by atoms with van der Waals surface area (Å²) < 4.78 is 0. The Hall–Kier alpha value is -2.32. The van der Waals surface area contributed by atoms with Crippen molar-refractivity contribution in [1.82, 2.24) is 20.9 Å². The van der Waals surface area contributed by atoms with Gasteiger partial charge in [0, 0.05) is 22.2 Å². The third-order valence-electron chi connectivity index (χ3n) is 3.84. The lowest BCUT2D eigenvalue weighted by atomic mass is 9.92. The number of nitrogens with zero attached hydrogens (tertiary/aromatic N) is 1. The van der Waals surface area contributed by atoms with Crippen molar-refractivity contribution < 1.29 is 19.2 Å². The maximum absolute atomic E-state index is 12.7. The average Bonchev–Trinajstić information content (AvgIpc) is 2.76. The van der Waals surface area contributed by atoms with Gasteiger partial charge >= 0.3 is 12.1 Å². The van der Waals surface area contributed by atoms with Crippen LogP contribution in [0.5, 0.6) is 0 Å². The van der Waals surface area contributed by atoms with Crippen LogP contribution in [-0.4, -0.2) is 41.9 Å². The first-order chi connectivity index (χ1) is 12.2. The first-order valence-electron chi connectivity index (χ1n) is 7.86. The zero-order valence-electron chi connectivity index (χ0n) is 14.2. The lowest BCUT2D eigenvalue weighted by Gasteiger charge is -2.23. The van der Waals surface area contributed by atoms with Gasteiger partial charge in [-0.25, -0.2) is 9.59 Å². The molecular formula is C16H18Cl2N4O4. The highest BCUT2D eigenvalue weighted by atomic mass is 35.5. The summed E-state index contributed by atoms with van der Waals surface area (Å²) in [5.41, 5.74) is -1.09. The standard InChI is InChI=1S/C16H18Cl2N4O4/c1-3-6-19-14(25)20-12(23)8-22-13(24)16(2,21-15(22)26)10-5-4-9(17)7-11(10)18/h4-5,7H,3,6,8H2,1-2H3,(H,21,26)(H2,19,20,23,25)/t16-/m0/s1. The van der Waals surface area contributed by atoms with Gasteiger partial charge in [-0.1, -0.05) is 36.2 Å². The SMILES string of the molecule is CCCNC(=O)NC(=O)CN1C(=O)N[C@@](C)(c2ccc(Cl)cc2Cl)C1=O. The molecule has 140 valence electrons. The Kier molecular flexibility index (Phi) is 6.09. The number of hydrogen-bond acceptors (Lipinski definition) is 4. The van der Waals surface area contributed by atoms with E-state index in [1.165, 1.54) is 19.1 Å². The Morgan fingerprint density at radius 3 is 2.58 bits per heavy atom. The van der Waals surface area contributed by atoms with E-state index in [-0.39, 0.29) is 5.02 Å². The molecule has 0 bridgehead atoms. The Bertz CT molecular complexity index is 771. The van der Waals surface area contributed by atoms with Crippen molar-refractivity contribution in [3.05, 3.63) is 33.8 Å². The van der Waals surface area contributed by atoms with Gasteiger partial charge in [-0.05, 0) is 25.5 Å². The maximum atomic E-state index is 12.7. The minimum Gasteiger partial charge on any atom is -0.338 e. The molecule has 6 amide bonds. The molecule has 10 heteroatoms. The van der Waals surface area contributed by atoms with Crippen LogP contribution in [0.4, 0.5) is 9.59 Å². The number of hydrogen-bond donors (Lipinski definition) is 3. The van der Waals surface area contributed by atoms with Crippen LogP contribution in [0.3, 0.4) is 0 Å². The van der Waals surface area contributed by atoms with Gasteiger partial charge in [0.25, 0.3) is 5.91 Å². The van der Waals surface area contributed by atoms with E-state index in [4.69, 9.17) is 23.2 Å². The van der Waals surface area contributed by atoms with Crippen LogP contribution in [0.2, 0.25) is 10.0 Å². The van der Waals surface area contributed by atoms with Crippen LogP contribution in [-0.2, 0) is 15.1 Å². The largest absolute Gasteiger partial charge is 0.338 e. The number of rotatable bonds is 5. The van der Waals surface area contributed by atoms with Crippen molar-refractivity contribution in [2.75, 3.05) is 13.1 Å². The second kappa shape index (κ2) is 7.92. The number of carbonyl (C=O) groups excluding carboxylic acids is 4. The first kappa shape index (κ1) is 20.0. The zero-order chi connectivity index (χ0) is 19.5. The molecule has 2 rings (SSSR count). The molecule has 8 nitrogen and oxygen atoms in total. The monoisotopic (exact) mass is 400 g/mol. The van der Waals surface area contributed by atoms with Crippen molar-refractivity contribution in [3.8, 4) is 0 Å². The molecule has 3 N–H and O–H groups in total. The molecule has 0 unspecified atom stereocenters. The zero-order valence-corrected chi connectivity index (χ0v) is 15.7. The fourth-order valence-electron chi connectivity index (χ4n) is 2.51. The summed E-state index contributed by atoms with van der Waals surface area (Å²) in [7, 11) is 0. The average molecular weight is 401 g/mol. The molecule has 1 aromatic carbocycles. The number of imide groups is 2. The molecule has 1 atom stereocenters. The summed E-state index contributed by atoms with van der Waals surface area (Å²) in [4.78, 5) is 49.1. The smallest absolute Gasteiger partial charge is 0.325 e. The molecule has 1 aliphatic rings. The van der Waals surface area contributed by atoms with E-state index in [1.807, 2.05) is 6.92 Å². The van der Waals surface area contributed by atoms with Gasteiger partial charge in [-0.2, -0.15) is 0 Å². The predicted molar refractivity (Wildman–Crippen MR) is 95.9 cm³/mol. The molecule has 0 radical (unpaired) electrons. The van der Waals surface area contributed by atoms with E-state index in [0.29, 0.717) is 23.6 Å². The minimum absolute atomic E-state index is 0.207. The molecule has 0 aliphatic carbocycles. The molecule has 0 spiro atoms. The molecule has 1 heterocycles. The van der Waals surface area contributed by atoms with Crippen molar-refractivity contribution in [1.29, 1.82) is 0 Å². The first-order valence-corrected chi connectivity index (χ1v) is 8.62.